The molecule has 16 heavy (non-hydrogen) atoms. The SMILES string of the molecule is CCC1CCC(NC(=O)CC(C)N)CC1.Cl. The van der Waals surface area contributed by atoms with E-state index in [2.05, 4.69) is 12.2 Å². The molecule has 0 aromatic rings. The molecular formula is C12H25ClN2O. The standard InChI is InChI=1S/C12H24N2O.ClH/c1-3-10-4-6-11(7-5-10)14-12(15)8-9(2)13;/h9-11H,3-8,13H2,1-2H3,(H,14,15);1H. The first kappa shape index (κ1) is 15.7. The van der Waals surface area contributed by atoms with E-state index in [4.69, 9.17) is 5.73 Å². The Labute approximate surface area is 105 Å². The van der Waals surface area contributed by atoms with E-state index in [0.29, 0.717) is 12.5 Å². The summed E-state index contributed by atoms with van der Waals surface area (Å²) in [5, 5.41) is 3.08. The Kier molecular flexibility index (Phi) is 7.77. The fourth-order valence-electron chi connectivity index (χ4n) is 2.29. The molecular weight excluding hydrogens is 224 g/mol. The van der Waals surface area contributed by atoms with Crippen LogP contribution < -0.4 is 11.1 Å². The van der Waals surface area contributed by atoms with Crippen LogP contribution in [0.4, 0.5) is 0 Å². The molecule has 0 bridgehead atoms. The summed E-state index contributed by atoms with van der Waals surface area (Å²) in [6.45, 7) is 4.12. The second-order valence-corrected chi connectivity index (χ2v) is 4.87. The van der Waals surface area contributed by atoms with E-state index in [-0.39, 0.29) is 24.4 Å². The van der Waals surface area contributed by atoms with Gasteiger partial charge in [0.15, 0.2) is 0 Å². The van der Waals surface area contributed by atoms with Crippen LogP contribution in [0, 0.1) is 5.92 Å². The number of nitrogens with one attached hydrogen (secondary N) is 1. The average Bonchev–Trinajstić information content (AvgIpc) is 2.17. The van der Waals surface area contributed by atoms with Gasteiger partial charge in [-0.15, -0.1) is 12.4 Å². The number of halogens is 1. The lowest BCUT2D eigenvalue weighted by Gasteiger charge is -2.28. The molecule has 1 rings (SSSR count). The van der Waals surface area contributed by atoms with Crippen LogP contribution in [0.25, 0.3) is 0 Å². The van der Waals surface area contributed by atoms with Gasteiger partial charge in [-0.25, -0.2) is 0 Å². The summed E-state index contributed by atoms with van der Waals surface area (Å²) < 4.78 is 0. The minimum Gasteiger partial charge on any atom is -0.353 e. The fourth-order valence-corrected chi connectivity index (χ4v) is 2.29. The highest BCUT2D eigenvalue weighted by atomic mass is 35.5. The lowest BCUT2D eigenvalue weighted by atomic mass is 9.84. The van der Waals surface area contributed by atoms with E-state index in [1.807, 2.05) is 6.92 Å². The Hall–Kier alpha value is -0.280. The molecule has 0 heterocycles. The van der Waals surface area contributed by atoms with Crippen molar-refractivity contribution in [2.75, 3.05) is 0 Å². The molecule has 0 spiro atoms. The van der Waals surface area contributed by atoms with E-state index in [0.717, 1.165) is 18.8 Å². The number of nitrogens with two attached hydrogens (primary N) is 1. The molecule has 3 N–H and O–H groups in total. The Morgan fingerprint density at radius 2 is 1.94 bits per heavy atom. The largest absolute Gasteiger partial charge is 0.353 e. The topological polar surface area (TPSA) is 55.1 Å². The summed E-state index contributed by atoms with van der Waals surface area (Å²) in [5.41, 5.74) is 5.58. The average molecular weight is 249 g/mol. The molecule has 0 aromatic heterocycles. The molecule has 3 nitrogen and oxygen atoms in total. The van der Waals surface area contributed by atoms with E-state index in [9.17, 15) is 4.79 Å². The molecule has 4 heteroatoms. The zero-order valence-corrected chi connectivity index (χ0v) is 11.2. The normalized spacial score (nSPS) is 26.7. The maximum absolute atomic E-state index is 11.5. The smallest absolute Gasteiger partial charge is 0.221 e. The van der Waals surface area contributed by atoms with Crippen molar-refractivity contribution in [3.05, 3.63) is 0 Å². The second-order valence-electron chi connectivity index (χ2n) is 4.87. The van der Waals surface area contributed by atoms with Crippen molar-refractivity contribution in [1.29, 1.82) is 0 Å². The van der Waals surface area contributed by atoms with Crippen molar-refractivity contribution < 1.29 is 4.79 Å². The summed E-state index contributed by atoms with van der Waals surface area (Å²) >= 11 is 0. The first-order valence-corrected chi connectivity index (χ1v) is 6.16. The summed E-state index contributed by atoms with van der Waals surface area (Å²) in [7, 11) is 0. The van der Waals surface area contributed by atoms with Crippen molar-refractivity contribution >= 4 is 18.3 Å². The maximum Gasteiger partial charge on any atom is 0.221 e. The number of hydrogen-bond acceptors (Lipinski definition) is 2. The Bertz CT molecular complexity index is 201. The number of carbonyl (C=O) groups is 1. The third-order valence-corrected chi connectivity index (χ3v) is 3.30. The molecule has 0 radical (unpaired) electrons. The quantitative estimate of drug-likeness (QED) is 0.802. The van der Waals surface area contributed by atoms with Gasteiger partial charge < -0.3 is 11.1 Å². The van der Waals surface area contributed by atoms with Crippen molar-refractivity contribution in [2.45, 2.75) is 64.5 Å². The van der Waals surface area contributed by atoms with Crippen molar-refractivity contribution in [2.24, 2.45) is 11.7 Å². The van der Waals surface area contributed by atoms with Gasteiger partial charge in [-0.1, -0.05) is 13.3 Å². The predicted octanol–water partition coefficient (Wildman–Crippen LogP) is 2.23. The molecule has 0 saturated heterocycles. The van der Waals surface area contributed by atoms with Gasteiger partial charge in [-0.05, 0) is 38.5 Å². The molecule has 1 amide bonds. The fraction of sp³-hybridized carbons (Fsp3) is 0.917. The molecule has 1 unspecified atom stereocenters. The van der Waals surface area contributed by atoms with Gasteiger partial charge in [0.05, 0.1) is 0 Å². The third kappa shape index (κ3) is 5.71. The van der Waals surface area contributed by atoms with Crippen LogP contribution >= 0.6 is 12.4 Å². The van der Waals surface area contributed by atoms with Crippen molar-refractivity contribution in [3.8, 4) is 0 Å². The highest BCUT2D eigenvalue weighted by Gasteiger charge is 2.21. The summed E-state index contributed by atoms with van der Waals surface area (Å²) in [6, 6.07) is 0.371. The minimum atomic E-state index is -0.0306. The molecule has 0 aliphatic heterocycles. The van der Waals surface area contributed by atoms with Gasteiger partial charge >= 0.3 is 0 Å². The molecule has 1 atom stereocenters. The number of hydrogen-bond donors (Lipinski definition) is 2. The van der Waals surface area contributed by atoms with Crippen LogP contribution in [-0.2, 0) is 4.79 Å². The maximum atomic E-state index is 11.5. The van der Waals surface area contributed by atoms with Gasteiger partial charge in [-0.3, -0.25) is 4.79 Å². The molecule has 0 aromatic carbocycles. The first-order valence-electron chi connectivity index (χ1n) is 6.16. The van der Waals surface area contributed by atoms with E-state index in [1.54, 1.807) is 0 Å². The monoisotopic (exact) mass is 248 g/mol. The molecule has 1 aliphatic carbocycles. The highest BCUT2D eigenvalue weighted by Crippen LogP contribution is 2.26. The second kappa shape index (κ2) is 7.91. The first-order chi connectivity index (χ1) is 7.11. The molecule has 1 saturated carbocycles. The van der Waals surface area contributed by atoms with Crippen LogP contribution in [0.5, 0.6) is 0 Å². The number of amides is 1. The van der Waals surface area contributed by atoms with Gasteiger partial charge in [0, 0.05) is 18.5 Å². The van der Waals surface area contributed by atoms with Gasteiger partial charge in [-0.2, -0.15) is 0 Å². The lowest BCUT2D eigenvalue weighted by molar-refractivity contribution is -0.122. The van der Waals surface area contributed by atoms with Gasteiger partial charge in [0.1, 0.15) is 0 Å². The predicted molar refractivity (Wildman–Crippen MR) is 69.7 cm³/mol. The molecule has 96 valence electrons. The van der Waals surface area contributed by atoms with E-state index in [1.165, 1.54) is 19.3 Å². The van der Waals surface area contributed by atoms with Crippen LogP contribution in [0.2, 0.25) is 0 Å². The van der Waals surface area contributed by atoms with Crippen molar-refractivity contribution in [1.82, 2.24) is 5.32 Å². The molecule has 1 aliphatic rings. The van der Waals surface area contributed by atoms with Crippen LogP contribution in [-0.4, -0.2) is 18.0 Å². The minimum absolute atomic E-state index is 0. The van der Waals surface area contributed by atoms with Gasteiger partial charge in [0.25, 0.3) is 0 Å². The van der Waals surface area contributed by atoms with Crippen LogP contribution in [0.15, 0.2) is 0 Å². The van der Waals surface area contributed by atoms with Crippen LogP contribution in [0.1, 0.15) is 52.4 Å². The summed E-state index contributed by atoms with van der Waals surface area (Å²) in [4.78, 5) is 11.5. The van der Waals surface area contributed by atoms with E-state index < -0.39 is 0 Å². The number of rotatable bonds is 4. The lowest BCUT2D eigenvalue weighted by Crippen LogP contribution is -2.39. The van der Waals surface area contributed by atoms with Gasteiger partial charge in [0.2, 0.25) is 5.91 Å². The zero-order chi connectivity index (χ0) is 11.3. The van der Waals surface area contributed by atoms with E-state index >= 15 is 0 Å². The highest BCUT2D eigenvalue weighted by molar-refractivity contribution is 5.85. The van der Waals surface area contributed by atoms with Crippen LogP contribution in [0.3, 0.4) is 0 Å². The third-order valence-electron chi connectivity index (χ3n) is 3.30. The zero-order valence-electron chi connectivity index (χ0n) is 10.4. The Morgan fingerprint density at radius 3 is 2.38 bits per heavy atom. The Morgan fingerprint density at radius 1 is 1.38 bits per heavy atom. The van der Waals surface area contributed by atoms with Crippen molar-refractivity contribution in [3.63, 3.8) is 0 Å². The summed E-state index contributed by atoms with van der Waals surface area (Å²) in [6.07, 6.45) is 6.54. The Balaban J connectivity index is 0.00000225. The summed E-state index contributed by atoms with van der Waals surface area (Å²) in [5.74, 6) is 0.997. The molecule has 1 fully saturated rings. The number of carbonyl (C=O) groups excluding carboxylic acids is 1.